The van der Waals surface area contributed by atoms with E-state index in [2.05, 4.69) is 25.6 Å². The summed E-state index contributed by atoms with van der Waals surface area (Å²) in [5.41, 5.74) is 2.09. The van der Waals surface area contributed by atoms with Gasteiger partial charge in [0.15, 0.2) is 23.2 Å². The summed E-state index contributed by atoms with van der Waals surface area (Å²) in [6.45, 7) is 1.02. The number of nitrogens with zero attached hydrogens (tertiary/aromatic N) is 4. The van der Waals surface area contributed by atoms with Crippen molar-refractivity contribution in [1.82, 2.24) is 24.8 Å². The highest BCUT2D eigenvalue weighted by Crippen LogP contribution is 2.32. The van der Waals surface area contributed by atoms with Gasteiger partial charge < -0.3 is 25.6 Å². The molecule has 0 amide bonds. The van der Waals surface area contributed by atoms with Gasteiger partial charge in [-0.2, -0.15) is 0 Å². The van der Waals surface area contributed by atoms with Gasteiger partial charge in [0.25, 0.3) is 0 Å². The average Bonchev–Trinajstić information content (AvgIpc) is 3.28. The molecule has 3 aromatic rings. The molecule has 2 aromatic heterocycles. The van der Waals surface area contributed by atoms with Crippen LogP contribution in [0.5, 0.6) is 0 Å². The highest BCUT2D eigenvalue weighted by atomic mass is 35.5. The van der Waals surface area contributed by atoms with Crippen LogP contribution in [0.1, 0.15) is 31.1 Å². The molecule has 1 saturated carbocycles. The molecule has 0 spiro atoms. The molecule has 31 heavy (non-hydrogen) atoms. The molecule has 1 aliphatic heterocycles. The Balaban J connectivity index is 1.33. The van der Waals surface area contributed by atoms with E-state index in [0.717, 1.165) is 18.4 Å². The minimum Gasteiger partial charge on any atom is -0.387 e. The highest BCUT2D eigenvalue weighted by molar-refractivity contribution is 6.30. The van der Waals surface area contributed by atoms with E-state index in [9.17, 15) is 10.2 Å². The zero-order valence-corrected chi connectivity index (χ0v) is 17.6. The van der Waals surface area contributed by atoms with Gasteiger partial charge >= 0.3 is 0 Å². The van der Waals surface area contributed by atoms with Gasteiger partial charge in [0, 0.05) is 24.2 Å². The molecule has 9 nitrogen and oxygen atoms in total. The molecule has 10 heteroatoms. The van der Waals surface area contributed by atoms with E-state index in [1.54, 1.807) is 10.9 Å². The van der Waals surface area contributed by atoms with Gasteiger partial charge in [-0.15, -0.1) is 0 Å². The van der Waals surface area contributed by atoms with Crippen molar-refractivity contribution in [2.24, 2.45) is 0 Å². The van der Waals surface area contributed by atoms with E-state index in [4.69, 9.17) is 16.3 Å². The van der Waals surface area contributed by atoms with Gasteiger partial charge in [-0.3, -0.25) is 4.57 Å². The molecule has 2 aliphatic rings. The van der Waals surface area contributed by atoms with Crippen molar-refractivity contribution < 1.29 is 14.9 Å². The number of imidazole rings is 1. The third kappa shape index (κ3) is 4.11. The van der Waals surface area contributed by atoms with Gasteiger partial charge in [0.1, 0.15) is 24.6 Å². The zero-order chi connectivity index (χ0) is 21.4. The number of benzene rings is 1. The topological polar surface area (TPSA) is 117 Å². The second-order valence-corrected chi connectivity index (χ2v) is 8.55. The summed E-state index contributed by atoms with van der Waals surface area (Å²) >= 11 is 6.05. The smallest absolute Gasteiger partial charge is 0.167 e. The molecule has 0 radical (unpaired) electrons. The molecule has 3 heterocycles. The first-order chi connectivity index (χ1) is 15.1. The van der Waals surface area contributed by atoms with Crippen LogP contribution in [0.3, 0.4) is 0 Å². The van der Waals surface area contributed by atoms with E-state index in [-0.39, 0.29) is 0 Å². The van der Waals surface area contributed by atoms with Crippen LogP contribution >= 0.6 is 11.6 Å². The van der Waals surface area contributed by atoms with Crippen LogP contribution in [0.25, 0.3) is 11.2 Å². The summed E-state index contributed by atoms with van der Waals surface area (Å²) in [6.07, 6.45) is 3.17. The standard InChI is InChI=1S/C21H25ClN6O3/c22-13-4-1-3-12(7-13)8-24-19-16-20(26-10-25-19)28(11-27-16)21-18(30)17(29)15(31-21)9-23-14-5-2-6-14/h1,3-4,7,10-11,14-15,17-18,21,23,29-30H,2,5-6,8-9H2,(H,24,25,26)/t15-,17-,18-,21-/m1/s1. The van der Waals surface area contributed by atoms with Gasteiger partial charge in [-0.1, -0.05) is 30.2 Å². The van der Waals surface area contributed by atoms with Crippen molar-refractivity contribution in [2.45, 2.75) is 56.4 Å². The Labute approximate surface area is 184 Å². The molecular weight excluding hydrogens is 420 g/mol. The monoisotopic (exact) mass is 444 g/mol. The van der Waals surface area contributed by atoms with Crippen LogP contribution in [-0.2, 0) is 11.3 Å². The summed E-state index contributed by atoms with van der Waals surface area (Å²) in [6, 6.07) is 8.04. The fourth-order valence-electron chi connectivity index (χ4n) is 4.02. The fraction of sp³-hybridized carbons (Fsp3) is 0.476. The third-order valence-electron chi connectivity index (χ3n) is 6.03. The van der Waals surface area contributed by atoms with E-state index in [0.29, 0.717) is 41.1 Å². The Kier molecular flexibility index (Phi) is 5.77. The van der Waals surface area contributed by atoms with Crippen molar-refractivity contribution in [3.05, 3.63) is 47.5 Å². The summed E-state index contributed by atoms with van der Waals surface area (Å²) in [5.74, 6) is 0.569. The minimum absolute atomic E-state index is 0.474. The van der Waals surface area contributed by atoms with Crippen molar-refractivity contribution >= 4 is 28.6 Å². The van der Waals surface area contributed by atoms with Gasteiger partial charge in [0.2, 0.25) is 0 Å². The number of fused-ring (bicyclic) bond motifs is 1. The van der Waals surface area contributed by atoms with Crippen molar-refractivity contribution in [2.75, 3.05) is 11.9 Å². The normalized spacial score (nSPS) is 26.3. The molecular formula is C21H25ClN6O3. The molecule has 5 rings (SSSR count). The molecule has 4 N–H and O–H groups in total. The maximum absolute atomic E-state index is 10.6. The zero-order valence-electron chi connectivity index (χ0n) is 16.9. The average molecular weight is 445 g/mol. The van der Waals surface area contributed by atoms with Crippen molar-refractivity contribution in [3.63, 3.8) is 0 Å². The number of hydrogen-bond acceptors (Lipinski definition) is 8. The molecule has 2 fully saturated rings. The number of ether oxygens (including phenoxy) is 1. The second-order valence-electron chi connectivity index (χ2n) is 8.11. The number of aromatic nitrogens is 4. The first-order valence-electron chi connectivity index (χ1n) is 10.5. The van der Waals surface area contributed by atoms with Crippen LogP contribution in [0, 0.1) is 0 Å². The SMILES string of the molecule is O[C@@H]1[C@H](O)[C@@H](CNC2CCC2)O[C@H]1n1cnc2c(NCc3cccc(Cl)c3)ncnc21. The number of nitrogens with one attached hydrogen (secondary N) is 2. The predicted octanol–water partition coefficient (Wildman–Crippen LogP) is 1.85. The Morgan fingerprint density at radius 1 is 1.16 bits per heavy atom. The predicted molar refractivity (Wildman–Crippen MR) is 116 cm³/mol. The van der Waals surface area contributed by atoms with E-state index < -0.39 is 24.5 Å². The van der Waals surface area contributed by atoms with Crippen molar-refractivity contribution in [1.29, 1.82) is 0 Å². The summed E-state index contributed by atoms with van der Waals surface area (Å²) in [7, 11) is 0. The molecule has 164 valence electrons. The fourth-order valence-corrected chi connectivity index (χ4v) is 4.24. The van der Waals surface area contributed by atoms with E-state index in [1.807, 2.05) is 24.3 Å². The highest BCUT2D eigenvalue weighted by Gasteiger charge is 2.44. The van der Waals surface area contributed by atoms with Crippen LogP contribution in [-0.4, -0.2) is 60.6 Å². The summed E-state index contributed by atoms with van der Waals surface area (Å²) in [4.78, 5) is 13.1. The van der Waals surface area contributed by atoms with Gasteiger partial charge in [0.05, 0.1) is 6.33 Å². The number of rotatable bonds is 7. The second kappa shape index (κ2) is 8.68. The third-order valence-corrected chi connectivity index (χ3v) is 6.27. The Hall–Kier alpha value is -2.30. The van der Waals surface area contributed by atoms with Gasteiger partial charge in [-0.05, 0) is 30.5 Å². The maximum atomic E-state index is 10.6. The van der Waals surface area contributed by atoms with Crippen LogP contribution < -0.4 is 10.6 Å². The molecule has 0 bridgehead atoms. The van der Waals surface area contributed by atoms with Gasteiger partial charge in [-0.25, -0.2) is 15.0 Å². The lowest BCUT2D eigenvalue weighted by Crippen LogP contribution is -2.43. The Bertz CT molecular complexity index is 1060. The summed E-state index contributed by atoms with van der Waals surface area (Å²) in [5, 5.41) is 28.4. The molecule has 1 saturated heterocycles. The number of halogens is 1. The first kappa shape index (κ1) is 20.6. The molecule has 0 unspecified atom stereocenters. The maximum Gasteiger partial charge on any atom is 0.167 e. The molecule has 1 aromatic carbocycles. The lowest BCUT2D eigenvalue weighted by Gasteiger charge is -2.28. The molecule has 4 atom stereocenters. The number of aliphatic hydroxyl groups excluding tert-OH is 2. The number of aliphatic hydroxyl groups is 2. The lowest BCUT2D eigenvalue weighted by molar-refractivity contribution is -0.0352. The van der Waals surface area contributed by atoms with Crippen molar-refractivity contribution in [3.8, 4) is 0 Å². The first-order valence-corrected chi connectivity index (χ1v) is 10.9. The van der Waals surface area contributed by atoms with E-state index >= 15 is 0 Å². The lowest BCUT2D eigenvalue weighted by atomic mass is 9.93. The summed E-state index contributed by atoms with van der Waals surface area (Å²) < 4.78 is 7.66. The largest absolute Gasteiger partial charge is 0.387 e. The minimum atomic E-state index is -1.08. The van der Waals surface area contributed by atoms with E-state index in [1.165, 1.54) is 12.7 Å². The number of anilines is 1. The molecule has 1 aliphatic carbocycles. The number of hydrogen-bond donors (Lipinski definition) is 4. The van der Waals surface area contributed by atoms with Crippen LogP contribution in [0.2, 0.25) is 5.02 Å². The van der Waals surface area contributed by atoms with Crippen LogP contribution in [0.4, 0.5) is 5.82 Å². The quantitative estimate of drug-likeness (QED) is 0.436. The Morgan fingerprint density at radius 2 is 2.03 bits per heavy atom. The van der Waals surface area contributed by atoms with Crippen LogP contribution in [0.15, 0.2) is 36.9 Å². The Morgan fingerprint density at radius 3 is 2.81 bits per heavy atom.